The van der Waals surface area contributed by atoms with E-state index in [0.29, 0.717) is 32.7 Å². The van der Waals surface area contributed by atoms with Gasteiger partial charge in [-0.2, -0.15) is 0 Å². The normalized spacial score (nSPS) is 14.2. The number of carbonyl (C=O) groups is 2. The van der Waals surface area contributed by atoms with E-state index in [0.717, 1.165) is 38.0 Å². The second kappa shape index (κ2) is 10.6. The van der Waals surface area contributed by atoms with Crippen LogP contribution in [0.5, 0.6) is 0 Å². The Bertz CT molecular complexity index is 572. The van der Waals surface area contributed by atoms with E-state index >= 15 is 0 Å². The average Bonchev–Trinajstić information content (AvgIpc) is 2.65. The lowest BCUT2D eigenvalue weighted by Gasteiger charge is -2.36. The van der Waals surface area contributed by atoms with Crippen LogP contribution >= 0.6 is 0 Å². The van der Waals surface area contributed by atoms with Gasteiger partial charge < -0.3 is 19.9 Å². The fourth-order valence-corrected chi connectivity index (χ4v) is 2.93. The van der Waals surface area contributed by atoms with Crippen molar-refractivity contribution in [2.75, 3.05) is 44.2 Å². The molecule has 1 heterocycles. The molecule has 0 bridgehead atoms. The zero-order chi connectivity index (χ0) is 18.8. The van der Waals surface area contributed by atoms with Crippen LogP contribution in [0.2, 0.25) is 0 Å². The fourth-order valence-electron chi connectivity index (χ4n) is 2.93. The molecule has 0 atom stereocenters. The Labute approximate surface area is 154 Å². The summed E-state index contributed by atoms with van der Waals surface area (Å²) in [4.78, 5) is 27.4. The second-order valence-corrected chi connectivity index (χ2v) is 6.30. The molecular formula is C19H28FN3O3. The molecule has 0 radical (unpaired) electrons. The zero-order valence-corrected chi connectivity index (χ0v) is 15.4. The Balaban J connectivity index is 1.58. The number of hydrogen-bond donors (Lipinski definition) is 1. The first kappa shape index (κ1) is 20.0. The summed E-state index contributed by atoms with van der Waals surface area (Å²) in [5.74, 6) is -0.399. The minimum absolute atomic E-state index is 0.0471. The Morgan fingerprint density at radius 2 is 1.77 bits per heavy atom. The number of ether oxygens (including phenoxy) is 1. The quantitative estimate of drug-likeness (QED) is 0.568. The van der Waals surface area contributed by atoms with Gasteiger partial charge in [0.05, 0.1) is 6.61 Å². The van der Waals surface area contributed by atoms with Gasteiger partial charge in [0.25, 0.3) is 0 Å². The van der Waals surface area contributed by atoms with E-state index in [4.69, 9.17) is 4.74 Å². The third-order valence-electron chi connectivity index (χ3n) is 4.40. The van der Waals surface area contributed by atoms with E-state index in [9.17, 15) is 14.0 Å². The summed E-state index contributed by atoms with van der Waals surface area (Å²) >= 11 is 0. The number of amides is 2. The van der Waals surface area contributed by atoms with Crippen LogP contribution in [-0.4, -0.2) is 56.2 Å². The van der Waals surface area contributed by atoms with Crippen LogP contribution in [0.15, 0.2) is 24.3 Å². The van der Waals surface area contributed by atoms with E-state index in [2.05, 4.69) is 10.2 Å². The topological polar surface area (TPSA) is 61.9 Å². The van der Waals surface area contributed by atoms with Gasteiger partial charge in [-0.3, -0.25) is 4.79 Å². The number of nitrogens with zero attached hydrogens (tertiary/aromatic N) is 2. The molecule has 0 unspecified atom stereocenters. The Kier molecular flexibility index (Phi) is 8.18. The predicted molar refractivity (Wildman–Crippen MR) is 98.7 cm³/mol. The van der Waals surface area contributed by atoms with Crippen LogP contribution in [0.4, 0.5) is 14.9 Å². The lowest BCUT2D eigenvalue weighted by molar-refractivity contribution is -0.143. The zero-order valence-electron chi connectivity index (χ0n) is 15.4. The van der Waals surface area contributed by atoms with Gasteiger partial charge in [-0.25, -0.2) is 9.18 Å². The molecule has 1 aromatic rings. The molecule has 0 spiro atoms. The van der Waals surface area contributed by atoms with Crippen LogP contribution in [0.1, 0.15) is 32.6 Å². The smallest absolute Gasteiger partial charge is 0.317 e. The van der Waals surface area contributed by atoms with Crippen molar-refractivity contribution in [1.82, 2.24) is 10.2 Å². The summed E-state index contributed by atoms with van der Waals surface area (Å²) in [5, 5.41) is 2.93. The van der Waals surface area contributed by atoms with Crippen molar-refractivity contribution < 1.29 is 18.7 Å². The first-order chi connectivity index (χ1) is 12.6. The second-order valence-electron chi connectivity index (χ2n) is 6.30. The number of piperazine rings is 1. The summed E-state index contributed by atoms with van der Waals surface area (Å²) in [6, 6.07) is 6.39. The van der Waals surface area contributed by atoms with E-state index in [1.165, 1.54) is 12.1 Å². The van der Waals surface area contributed by atoms with Gasteiger partial charge in [-0.1, -0.05) is 6.42 Å². The van der Waals surface area contributed by atoms with Crippen LogP contribution in [0.3, 0.4) is 0 Å². The van der Waals surface area contributed by atoms with Crippen molar-refractivity contribution in [1.29, 1.82) is 0 Å². The molecule has 0 saturated carbocycles. The highest BCUT2D eigenvalue weighted by Crippen LogP contribution is 2.16. The number of hydrogen-bond acceptors (Lipinski definition) is 4. The molecular weight excluding hydrogens is 337 g/mol. The molecule has 0 aromatic heterocycles. The highest BCUT2D eigenvalue weighted by atomic mass is 19.1. The molecule has 26 heavy (non-hydrogen) atoms. The first-order valence-corrected chi connectivity index (χ1v) is 9.29. The molecule has 0 aliphatic carbocycles. The number of nitrogens with one attached hydrogen (secondary N) is 1. The van der Waals surface area contributed by atoms with Crippen molar-refractivity contribution in [2.45, 2.75) is 32.6 Å². The van der Waals surface area contributed by atoms with Crippen molar-refractivity contribution in [3.63, 3.8) is 0 Å². The highest BCUT2D eigenvalue weighted by Gasteiger charge is 2.20. The lowest BCUT2D eigenvalue weighted by atomic mass is 10.2. The van der Waals surface area contributed by atoms with E-state index in [-0.39, 0.29) is 17.8 Å². The number of esters is 1. The van der Waals surface area contributed by atoms with Crippen molar-refractivity contribution in [3.8, 4) is 0 Å². The third kappa shape index (κ3) is 6.54. The maximum Gasteiger partial charge on any atom is 0.317 e. The van der Waals surface area contributed by atoms with Crippen molar-refractivity contribution in [3.05, 3.63) is 30.1 Å². The van der Waals surface area contributed by atoms with Gasteiger partial charge in [0.15, 0.2) is 0 Å². The SMILES string of the molecule is CCOC(=O)CCCCCNC(=O)N1CCN(c2ccc(F)cc2)CC1. The van der Waals surface area contributed by atoms with E-state index in [1.807, 2.05) is 0 Å². The summed E-state index contributed by atoms with van der Waals surface area (Å²) in [6.07, 6.45) is 2.95. The van der Waals surface area contributed by atoms with Gasteiger partial charge in [0.1, 0.15) is 5.82 Å². The molecule has 1 aliphatic rings. The standard InChI is InChI=1S/C19H28FN3O3/c1-2-26-18(24)6-4-3-5-11-21-19(25)23-14-12-22(13-15-23)17-9-7-16(20)8-10-17/h7-10H,2-6,11-15H2,1H3,(H,21,25). The Morgan fingerprint density at radius 3 is 2.42 bits per heavy atom. The molecule has 1 aliphatic heterocycles. The molecule has 2 amide bonds. The maximum atomic E-state index is 13.0. The average molecular weight is 365 g/mol. The van der Waals surface area contributed by atoms with E-state index < -0.39 is 0 Å². The molecule has 1 saturated heterocycles. The molecule has 7 heteroatoms. The monoisotopic (exact) mass is 365 g/mol. The van der Waals surface area contributed by atoms with Gasteiger partial charge >= 0.3 is 12.0 Å². The summed E-state index contributed by atoms with van der Waals surface area (Å²) in [6.45, 7) is 5.59. The Morgan fingerprint density at radius 1 is 1.08 bits per heavy atom. The summed E-state index contributed by atoms with van der Waals surface area (Å²) in [5.41, 5.74) is 0.980. The Hall–Kier alpha value is -2.31. The van der Waals surface area contributed by atoms with Crippen LogP contribution in [-0.2, 0) is 9.53 Å². The summed E-state index contributed by atoms with van der Waals surface area (Å²) in [7, 11) is 0. The van der Waals surface area contributed by atoms with Crippen LogP contribution < -0.4 is 10.2 Å². The first-order valence-electron chi connectivity index (χ1n) is 9.29. The molecule has 6 nitrogen and oxygen atoms in total. The van der Waals surface area contributed by atoms with Gasteiger partial charge in [-0.15, -0.1) is 0 Å². The number of urea groups is 1. The minimum atomic E-state index is -0.242. The summed E-state index contributed by atoms with van der Waals surface area (Å²) < 4.78 is 17.9. The van der Waals surface area contributed by atoms with Crippen molar-refractivity contribution in [2.24, 2.45) is 0 Å². The molecule has 1 N–H and O–H groups in total. The number of benzene rings is 1. The largest absolute Gasteiger partial charge is 0.466 e. The highest BCUT2D eigenvalue weighted by molar-refractivity contribution is 5.74. The van der Waals surface area contributed by atoms with Gasteiger partial charge in [0, 0.05) is 44.8 Å². The molecule has 2 rings (SSSR count). The molecule has 144 valence electrons. The molecule has 1 aromatic carbocycles. The van der Waals surface area contributed by atoms with E-state index in [1.54, 1.807) is 24.0 Å². The van der Waals surface area contributed by atoms with Crippen molar-refractivity contribution >= 4 is 17.7 Å². The van der Waals surface area contributed by atoms with Gasteiger partial charge in [0.2, 0.25) is 0 Å². The van der Waals surface area contributed by atoms with Crippen LogP contribution in [0, 0.1) is 5.82 Å². The fraction of sp³-hybridized carbons (Fsp3) is 0.579. The third-order valence-corrected chi connectivity index (χ3v) is 4.40. The number of carbonyl (C=O) groups excluding carboxylic acids is 2. The predicted octanol–water partition coefficient (Wildman–Crippen LogP) is 2.78. The number of anilines is 1. The maximum absolute atomic E-state index is 13.0. The number of halogens is 1. The minimum Gasteiger partial charge on any atom is -0.466 e. The molecule has 1 fully saturated rings. The number of unbranched alkanes of at least 4 members (excludes halogenated alkanes) is 2. The van der Waals surface area contributed by atoms with Crippen LogP contribution in [0.25, 0.3) is 0 Å². The lowest BCUT2D eigenvalue weighted by Crippen LogP contribution is -2.52. The number of rotatable bonds is 8. The van der Waals surface area contributed by atoms with Gasteiger partial charge in [-0.05, 0) is 44.0 Å².